The molecule has 0 radical (unpaired) electrons. The zero-order chi connectivity index (χ0) is 6.62. The van der Waals surface area contributed by atoms with Crippen LogP contribution in [0.3, 0.4) is 0 Å². The lowest BCUT2D eigenvalue weighted by Gasteiger charge is -2.07. The highest BCUT2D eigenvalue weighted by atomic mass is 79.9. The van der Waals surface area contributed by atoms with Crippen molar-refractivity contribution in [3.63, 3.8) is 0 Å². The van der Waals surface area contributed by atoms with Gasteiger partial charge >= 0.3 is 0 Å². The fraction of sp³-hybridized carbons (Fsp3) is 0.667. The van der Waals surface area contributed by atoms with Crippen LogP contribution in [-0.2, 0) is 0 Å². The molecule has 48 valence electrons. The van der Waals surface area contributed by atoms with Gasteiger partial charge in [-0.1, -0.05) is 44.0 Å². The molecule has 0 atom stereocenters. The van der Waals surface area contributed by atoms with Crippen LogP contribution in [0.4, 0.5) is 0 Å². The van der Waals surface area contributed by atoms with Crippen molar-refractivity contribution in [2.75, 3.05) is 5.33 Å². The predicted molar refractivity (Wildman–Crippen MR) is 45.9 cm³/mol. The summed E-state index contributed by atoms with van der Waals surface area (Å²) in [5.41, 5.74) is 0. The van der Waals surface area contributed by atoms with Gasteiger partial charge in [0, 0.05) is 9.65 Å². The maximum atomic E-state index is 3.47. The van der Waals surface area contributed by atoms with Crippen LogP contribution in [0.15, 0.2) is 12.2 Å². The molecular formula is C6H10Br2. The summed E-state index contributed by atoms with van der Waals surface area (Å²) in [5, 5.41) is 0.933. The van der Waals surface area contributed by atoms with Gasteiger partial charge in [0.2, 0.25) is 0 Å². The van der Waals surface area contributed by atoms with Gasteiger partial charge in [-0.3, -0.25) is 0 Å². The highest BCUT2D eigenvalue weighted by Crippen LogP contribution is 2.16. The lowest BCUT2D eigenvalue weighted by molar-refractivity contribution is 0.919. The molecule has 0 aromatic rings. The van der Waals surface area contributed by atoms with E-state index >= 15 is 0 Å². The largest absolute Gasteiger partial charge is 0.0883 e. The minimum absolute atomic E-state index is 0.154. The molecule has 0 heterocycles. The van der Waals surface area contributed by atoms with E-state index < -0.39 is 0 Å². The maximum absolute atomic E-state index is 3.47. The zero-order valence-electron chi connectivity index (χ0n) is 5.12. The van der Waals surface area contributed by atoms with E-state index in [0.29, 0.717) is 0 Å². The van der Waals surface area contributed by atoms with Crippen LogP contribution < -0.4 is 0 Å². The Bertz CT molecular complexity index is 79.0. The van der Waals surface area contributed by atoms with Crippen molar-refractivity contribution in [3.05, 3.63) is 12.2 Å². The second kappa shape index (κ2) is 3.67. The van der Waals surface area contributed by atoms with Crippen LogP contribution in [0.1, 0.15) is 13.8 Å². The SMILES string of the molecule is CC(C)(Br)C=CCBr. The molecular weight excluding hydrogens is 232 g/mol. The Morgan fingerprint density at radius 3 is 2.12 bits per heavy atom. The summed E-state index contributed by atoms with van der Waals surface area (Å²) in [6.45, 7) is 4.21. The monoisotopic (exact) mass is 240 g/mol. The molecule has 0 saturated heterocycles. The van der Waals surface area contributed by atoms with Crippen molar-refractivity contribution in [1.82, 2.24) is 0 Å². The van der Waals surface area contributed by atoms with Crippen molar-refractivity contribution in [2.24, 2.45) is 0 Å². The summed E-state index contributed by atoms with van der Waals surface area (Å²) in [5.74, 6) is 0. The van der Waals surface area contributed by atoms with Gasteiger partial charge in [-0.05, 0) is 13.8 Å². The first kappa shape index (κ1) is 8.70. The van der Waals surface area contributed by atoms with Crippen molar-refractivity contribution >= 4 is 31.9 Å². The normalized spacial score (nSPS) is 13.0. The molecule has 0 aliphatic rings. The maximum Gasteiger partial charge on any atom is 0.0380 e. The van der Waals surface area contributed by atoms with Gasteiger partial charge in [-0.15, -0.1) is 0 Å². The quantitative estimate of drug-likeness (QED) is 0.515. The first-order valence-electron chi connectivity index (χ1n) is 2.49. The van der Waals surface area contributed by atoms with Crippen LogP contribution in [0.2, 0.25) is 0 Å². The third kappa shape index (κ3) is 6.70. The lowest BCUT2D eigenvalue weighted by atomic mass is 10.2. The Labute approximate surface area is 67.6 Å². The zero-order valence-corrected chi connectivity index (χ0v) is 8.29. The Hall–Kier alpha value is 0.700. The molecule has 0 nitrogen and oxygen atoms in total. The van der Waals surface area contributed by atoms with Gasteiger partial charge in [0.1, 0.15) is 0 Å². The number of halogens is 2. The van der Waals surface area contributed by atoms with Gasteiger partial charge < -0.3 is 0 Å². The first-order valence-corrected chi connectivity index (χ1v) is 4.40. The van der Waals surface area contributed by atoms with Crippen molar-refractivity contribution in [2.45, 2.75) is 18.2 Å². The second-order valence-electron chi connectivity index (χ2n) is 2.12. The number of rotatable bonds is 2. The van der Waals surface area contributed by atoms with Gasteiger partial charge in [-0.25, -0.2) is 0 Å². The molecule has 0 fully saturated rings. The topological polar surface area (TPSA) is 0 Å². The van der Waals surface area contributed by atoms with E-state index in [-0.39, 0.29) is 4.32 Å². The average Bonchev–Trinajstić information content (AvgIpc) is 1.59. The molecule has 0 bridgehead atoms. The Morgan fingerprint density at radius 2 is 2.00 bits per heavy atom. The average molecular weight is 242 g/mol. The Morgan fingerprint density at radius 1 is 1.50 bits per heavy atom. The van der Waals surface area contributed by atoms with Crippen molar-refractivity contribution < 1.29 is 0 Å². The molecule has 0 aliphatic carbocycles. The van der Waals surface area contributed by atoms with E-state index in [1.165, 1.54) is 0 Å². The highest BCUT2D eigenvalue weighted by Gasteiger charge is 2.04. The van der Waals surface area contributed by atoms with Crippen LogP contribution in [0.25, 0.3) is 0 Å². The Kier molecular flexibility index (Phi) is 4.00. The molecule has 0 amide bonds. The van der Waals surface area contributed by atoms with E-state index in [2.05, 4.69) is 57.9 Å². The summed E-state index contributed by atoms with van der Waals surface area (Å²) >= 11 is 6.77. The minimum Gasteiger partial charge on any atom is -0.0883 e. The fourth-order valence-electron chi connectivity index (χ4n) is 0.325. The van der Waals surface area contributed by atoms with Gasteiger partial charge in [0.05, 0.1) is 0 Å². The van der Waals surface area contributed by atoms with Crippen LogP contribution in [0, 0.1) is 0 Å². The van der Waals surface area contributed by atoms with E-state index in [1.807, 2.05) is 0 Å². The van der Waals surface area contributed by atoms with Crippen LogP contribution >= 0.6 is 31.9 Å². The van der Waals surface area contributed by atoms with E-state index in [0.717, 1.165) is 5.33 Å². The van der Waals surface area contributed by atoms with Gasteiger partial charge in [0.15, 0.2) is 0 Å². The molecule has 0 aromatic heterocycles. The lowest BCUT2D eigenvalue weighted by Crippen LogP contribution is -2.02. The van der Waals surface area contributed by atoms with Gasteiger partial charge in [-0.2, -0.15) is 0 Å². The minimum atomic E-state index is 0.154. The Balaban J connectivity index is 3.52. The van der Waals surface area contributed by atoms with Crippen molar-refractivity contribution in [1.29, 1.82) is 0 Å². The summed E-state index contributed by atoms with van der Waals surface area (Å²) in [6.07, 6.45) is 4.19. The van der Waals surface area contributed by atoms with E-state index in [4.69, 9.17) is 0 Å². The predicted octanol–water partition coefficient (Wildman–Crippen LogP) is 3.11. The van der Waals surface area contributed by atoms with E-state index in [1.54, 1.807) is 0 Å². The second-order valence-corrected chi connectivity index (χ2v) is 4.81. The first-order chi connectivity index (χ1) is 3.56. The summed E-state index contributed by atoms with van der Waals surface area (Å²) in [7, 11) is 0. The number of hydrogen-bond acceptors (Lipinski definition) is 0. The third-order valence-corrected chi connectivity index (χ3v) is 1.24. The molecule has 0 unspecified atom stereocenters. The summed E-state index contributed by atoms with van der Waals surface area (Å²) < 4.78 is 0.154. The molecule has 0 aliphatic heterocycles. The smallest absolute Gasteiger partial charge is 0.0380 e. The molecule has 0 spiro atoms. The molecule has 0 rings (SSSR count). The van der Waals surface area contributed by atoms with Crippen LogP contribution in [0.5, 0.6) is 0 Å². The molecule has 2 heteroatoms. The molecule has 8 heavy (non-hydrogen) atoms. The fourth-order valence-corrected chi connectivity index (χ4v) is 0.699. The molecule has 0 N–H and O–H groups in total. The number of alkyl halides is 2. The summed E-state index contributed by atoms with van der Waals surface area (Å²) in [6, 6.07) is 0. The van der Waals surface area contributed by atoms with Crippen molar-refractivity contribution in [3.8, 4) is 0 Å². The number of hydrogen-bond donors (Lipinski definition) is 0. The number of allylic oxidation sites excluding steroid dienone is 2. The van der Waals surface area contributed by atoms with E-state index in [9.17, 15) is 0 Å². The summed E-state index contributed by atoms with van der Waals surface area (Å²) in [4.78, 5) is 0. The third-order valence-electron chi connectivity index (χ3n) is 0.603. The molecule has 0 saturated carbocycles. The highest BCUT2D eigenvalue weighted by molar-refractivity contribution is 9.10. The standard InChI is InChI=1S/C6H10Br2/c1-6(2,8)4-3-5-7/h3-4H,5H2,1-2H3. The van der Waals surface area contributed by atoms with Gasteiger partial charge in [0.25, 0.3) is 0 Å². The molecule has 0 aromatic carbocycles. The van der Waals surface area contributed by atoms with Crippen LogP contribution in [-0.4, -0.2) is 9.65 Å².